The van der Waals surface area contributed by atoms with Gasteiger partial charge in [0.2, 0.25) is 0 Å². The molecule has 1 aromatic rings. The Bertz CT molecular complexity index is 396. The van der Waals surface area contributed by atoms with Crippen molar-refractivity contribution >= 4 is 17.6 Å². The van der Waals surface area contributed by atoms with Gasteiger partial charge in [0.1, 0.15) is 5.82 Å². The van der Waals surface area contributed by atoms with Gasteiger partial charge in [-0.25, -0.2) is 4.98 Å². The van der Waals surface area contributed by atoms with Gasteiger partial charge in [0.25, 0.3) is 0 Å². The van der Waals surface area contributed by atoms with Crippen LogP contribution in [0.3, 0.4) is 0 Å². The fourth-order valence-electron chi connectivity index (χ4n) is 1.41. The van der Waals surface area contributed by atoms with E-state index in [-0.39, 0.29) is 12.4 Å². The molecular weight excluding hydrogens is 265 g/mol. The van der Waals surface area contributed by atoms with Crippen molar-refractivity contribution in [2.75, 3.05) is 23.9 Å². The summed E-state index contributed by atoms with van der Waals surface area (Å²) in [5.74, 6) is 0.167. The minimum absolute atomic E-state index is 0.00787. The number of anilines is 1. The summed E-state index contributed by atoms with van der Waals surface area (Å²) in [6.45, 7) is 1.57. The summed E-state index contributed by atoms with van der Waals surface area (Å²) >= 11 is 1.42. The second-order valence-corrected chi connectivity index (χ2v) is 5.05. The maximum Gasteiger partial charge on any atom is 0.419 e. The topological polar surface area (TPSA) is 45.1 Å². The largest absolute Gasteiger partial charge is 0.419 e. The third-order valence-electron chi connectivity index (χ3n) is 2.21. The Hall–Kier alpha value is -0.950. The van der Waals surface area contributed by atoms with Crippen LogP contribution in [0, 0.1) is 0 Å². The van der Waals surface area contributed by atoms with Crippen LogP contribution < -0.4 is 5.32 Å². The maximum atomic E-state index is 12.7. The number of nitrogens with zero attached hydrogens (tertiary/aromatic N) is 1. The number of aromatic nitrogens is 1. The molecular formula is C11H15F3N2OS. The second-order valence-electron chi connectivity index (χ2n) is 4.18. The molecule has 0 saturated carbocycles. The summed E-state index contributed by atoms with van der Waals surface area (Å²) in [6.07, 6.45) is -1.36. The molecule has 7 heteroatoms. The van der Waals surface area contributed by atoms with Crippen LogP contribution >= 0.6 is 11.8 Å². The van der Waals surface area contributed by atoms with Crippen molar-refractivity contribution in [3.63, 3.8) is 0 Å². The molecule has 1 aromatic heterocycles. The molecule has 0 aliphatic rings. The van der Waals surface area contributed by atoms with E-state index in [0.717, 1.165) is 6.07 Å². The molecule has 18 heavy (non-hydrogen) atoms. The van der Waals surface area contributed by atoms with Crippen LogP contribution in [0.25, 0.3) is 0 Å². The second kappa shape index (κ2) is 5.79. The lowest BCUT2D eigenvalue weighted by atomic mass is 10.1. The number of nitrogens with one attached hydrogen (secondary N) is 1. The van der Waals surface area contributed by atoms with Gasteiger partial charge in [-0.3, -0.25) is 0 Å². The van der Waals surface area contributed by atoms with E-state index in [2.05, 4.69) is 10.3 Å². The highest BCUT2D eigenvalue weighted by molar-refractivity contribution is 7.98. The molecule has 0 fully saturated rings. The molecule has 1 rings (SSSR count). The summed E-state index contributed by atoms with van der Waals surface area (Å²) in [5.41, 5.74) is -1.91. The zero-order valence-corrected chi connectivity index (χ0v) is 10.9. The summed E-state index contributed by atoms with van der Waals surface area (Å²) in [5, 5.41) is 12.4. The molecule has 3 nitrogen and oxygen atoms in total. The van der Waals surface area contributed by atoms with Crippen LogP contribution in [0.2, 0.25) is 0 Å². The van der Waals surface area contributed by atoms with Crippen LogP contribution in [0.4, 0.5) is 19.0 Å². The molecule has 1 atom stereocenters. The van der Waals surface area contributed by atoms with E-state index in [0.29, 0.717) is 5.75 Å². The summed E-state index contributed by atoms with van der Waals surface area (Å²) in [6, 6.07) is 2.19. The van der Waals surface area contributed by atoms with Crippen LogP contribution in [-0.4, -0.2) is 34.2 Å². The number of hydrogen-bond acceptors (Lipinski definition) is 4. The number of pyridine rings is 1. The standard InChI is InChI=1S/C11H15F3N2OS/c1-10(17,7-18-2)6-16-9-8(11(12,13)14)4-3-5-15-9/h3-5,17H,6-7H2,1-2H3,(H,15,16)/t10-/m0/s1. The van der Waals surface area contributed by atoms with Crippen LogP contribution in [0.5, 0.6) is 0 Å². The predicted octanol–water partition coefficient (Wildman–Crippen LogP) is 2.63. The van der Waals surface area contributed by atoms with Gasteiger partial charge in [0, 0.05) is 18.5 Å². The van der Waals surface area contributed by atoms with Crippen molar-refractivity contribution in [1.29, 1.82) is 0 Å². The van der Waals surface area contributed by atoms with Gasteiger partial charge in [-0.15, -0.1) is 0 Å². The highest BCUT2D eigenvalue weighted by Crippen LogP contribution is 2.33. The predicted molar refractivity (Wildman–Crippen MR) is 66.7 cm³/mol. The highest BCUT2D eigenvalue weighted by Gasteiger charge is 2.34. The molecule has 102 valence electrons. The van der Waals surface area contributed by atoms with Gasteiger partial charge in [-0.05, 0) is 25.3 Å². The molecule has 2 N–H and O–H groups in total. The highest BCUT2D eigenvalue weighted by atomic mass is 32.2. The Kier molecular flexibility index (Phi) is 4.86. The lowest BCUT2D eigenvalue weighted by Crippen LogP contribution is -2.36. The Morgan fingerprint density at radius 3 is 2.67 bits per heavy atom. The maximum absolute atomic E-state index is 12.7. The van der Waals surface area contributed by atoms with Crippen LogP contribution in [0.15, 0.2) is 18.3 Å². The van der Waals surface area contributed by atoms with Crippen molar-refractivity contribution in [2.24, 2.45) is 0 Å². The molecule has 0 unspecified atom stereocenters. The van der Waals surface area contributed by atoms with Crippen LogP contribution in [-0.2, 0) is 6.18 Å². The van der Waals surface area contributed by atoms with E-state index in [4.69, 9.17) is 0 Å². The fourth-order valence-corrected chi connectivity index (χ4v) is 2.13. The lowest BCUT2D eigenvalue weighted by molar-refractivity contribution is -0.137. The lowest BCUT2D eigenvalue weighted by Gasteiger charge is -2.23. The molecule has 0 aliphatic heterocycles. The van der Waals surface area contributed by atoms with Crippen molar-refractivity contribution in [1.82, 2.24) is 4.98 Å². The Morgan fingerprint density at radius 2 is 2.11 bits per heavy atom. The zero-order valence-electron chi connectivity index (χ0n) is 10.1. The number of aliphatic hydroxyl groups is 1. The van der Waals surface area contributed by atoms with Crippen molar-refractivity contribution in [3.8, 4) is 0 Å². The number of alkyl halides is 3. The normalized spacial score (nSPS) is 15.2. The van der Waals surface area contributed by atoms with Crippen LogP contribution in [0.1, 0.15) is 12.5 Å². The third kappa shape index (κ3) is 4.38. The quantitative estimate of drug-likeness (QED) is 0.870. The van der Waals surface area contributed by atoms with E-state index >= 15 is 0 Å². The van der Waals surface area contributed by atoms with Gasteiger partial charge in [-0.1, -0.05) is 0 Å². The molecule has 0 radical (unpaired) electrons. The van der Waals surface area contributed by atoms with Gasteiger partial charge >= 0.3 is 6.18 Å². The van der Waals surface area contributed by atoms with E-state index in [1.54, 1.807) is 6.92 Å². The number of thioether (sulfide) groups is 1. The first-order chi connectivity index (χ1) is 8.26. The molecule has 0 aromatic carbocycles. The fraction of sp³-hybridized carbons (Fsp3) is 0.545. The summed E-state index contributed by atoms with van der Waals surface area (Å²) < 4.78 is 38.0. The molecule has 0 spiro atoms. The first kappa shape index (κ1) is 15.1. The minimum Gasteiger partial charge on any atom is -0.387 e. The molecule has 1 heterocycles. The Balaban J connectivity index is 2.80. The first-order valence-corrected chi connectivity index (χ1v) is 6.63. The smallest absolute Gasteiger partial charge is 0.387 e. The zero-order chi connectivity index (χ0) is 13.8. The molecule has 0 aliphatic carbocycles. The van der Waals surface area contributed by atoms with Crippen molar-refractivity contribution < 1.29 is 18.3 Å². The van der Waals surface area contributed by atoms with E-state index in [1.165, 1.54) is 24.0 Å². The SMILES string of the molecule is CSC[C@@](C)(O)CNc1ncccc1C(F)(F)F. The minimum atomic E-state index is -4.46. The number of hydrogen-bond donors (Lipinski definition) is 2. The van der Waals surface area contributed by atoms with Crippen molar-refractivity contribution in [2.45, 2.75) is 18.7 Å². The summed E-state index contributed by atoms with van der Waals surface area (Å²) in [7, 11) is 0. The molecule has 0 bridgehead atoms. The number of rotatable bonds is 5. The molecule has 0 amide bonds. The van der Waals surface area contributed by atoms with Gasteiger partial charge in [0.15, 0.2) is 0 Å². The van der Waals surface area contributed by atoms with E-state index < -0.39 is 17.3 Å². The Labute approximate surface area is 108 Å². The first-order valence-electron chi connectivity index (χ1n) is 5.24. The van der Waals surface area contributed by atoms with Gasteiger partial charge in [-0.2, -0.15) is 24.9 Å². The number of halogens is 3. The summed E-state index contributed by atoms with van der Waals surface area (Å²) in [4.78, 5) is 3.66. The van der Waals surface area contributed by atoms with Crippen molar-refractivity contribution in [3.05, 3.63) is 23.9 Å². The van der Waals surface area contributed by atoms with Gasteiger partial charge < -0.3 is 10.4 Å². The van der Waals surface area contributed by atoms with E-state index in [9.17, 15) is 18.3 Å². The monoisotopic (exact) mass is 280 g/mol. The van der Waals surface area contributed by atoms with Gasteiger partial charge in [0.05, 0.1) is 11.2 Å². The molecule has 0 saturated heterocycles. The average Bonchev–Trinajstić information content (AvgIpc) is 2.26. The van der Waals surface area contributed by atoms with E-state index in [1.807, 2.05) is 6.26 Å². The third-order valence-corrected chi connectivity index (χ3v) is 3.12. The Morgan fingerprint density at radius 1 is 1.44 bits per heavy atom. The average molecular weight is 280 g/mol.